The van der Waals surface area contributed by atoms with Gasteiger partial charge in [0, 0.05) is 15.2 Å². The average Bonchev–Trinajstić information content (AvgIpc) is 2.38. The molecule has 2 nitrogen and oxygen atoms in total. The molecule has 0 aromatic heterocycles. The first-order valence-corrected chi connectivity index (χ1v) is 7.81. The van der Waals surface area contributed by atoms with Crippen LogP contribution < -0.4 is 5.32 Å². The van der Waals surface area contributed by atoms with Crippen LogP contribution >= 0.6 is 27.5 Å². The van der Waals surface area contributed by atoms with Crippen LogP contribution in [-0.4, -0.2) is 5.91 Å². The largest absolute Gasteiger partial charge is 0.322 e. The van der Waals surface area contributed by atoms with Crippen molar-refractivity contribution in [1.29, 1.82) is 0 Å². The van der Waals surface area contributed by atoms with Gasteiger partial charge in [0.1, 0.15) is 0 Å². The Morgan fingerprint density at radius 3 is 2.24 bits per heavy atom. The minimum Gasteiger partial charge on any atom is -0.322 e. The highest BCUT2D eigenvalue weighted by atomic mass is 79.9. The number of carbonyl (C=O) groups is 1. The van der Waals surface area contributed by atoms with Crippen molar-refractivity contribution < 1.29 is 4.79 Å². The third-order valence-corrected chi connectivity index (χ3v) is 4.08. The molecule has 2 rings (SSSR count). The van der Waals surface area contributed by atoms with E-state index in [2.05, 4.69) is 42.0 Å². The van der Waals surface area contributed by atoms with Crippen LogP contribution in [0.2, 0.25) is 5.02 Å². The number of hydrogen-bond acceptors (Lipinski definition) is 1. The first-order valence-electron chi connectivity index (χ1n) is 6.64. The lowest BCUT2D eigenvalue weighted by atomic mass is 9.87. The van der Waals surface area contributed by atoms with Crippen LogP contribution in [0.3, 0.4) is 0 Å². The maximum atomic E-state index is 12.2. The van der Waals surface area contributed by atoms with Crippen LogP contribution in [0.4, 0.5) is 5.69 Å². The van der Waals surface area contributed by atoms with Crippen molar-refractivity contribution in [2.45, 2.75) is 26.2 Å². The number of benzene rings is 2. The molecule has 2 aromatic carbocycles. The summed E-state index contributed by atoms with van der Waals surface area (Å²) in [5.74, 6) is -0.165. The molecule has 21 heavy (non-hydrogen) atoms. The SMILES string of the molecule is CC(C)(C)c1ccc(NC(=O)c2ccc(Cl)cc2Br)cc1. The monoisotopic (exact) mass is 365 g/mol. The second kappa shape index (κ2) is 6.20. The number of carbonyl (C=O) groups excluding carboxylic acids is 1. The van der Waals surface area contributed by atoms with E-state index in [4.69, 9.17) is 11.6 Å². The minimum atomic E-state index is -0.165. The Bertz CT molecular complexity index is 659. The zero-order valence-electron chi connectivity index (χ0n) is 12.2. The second-order valence-electron chi connectivity index (χ2n) is 5.91. The van der Waals surface area contributed by atoms with Gasteiger partial charge >= 0.3 is 0 Å². The number of rotatable bonds is 2. The standard InChI is InChI=1S/C17H17BrClNO/c1-17(2,3)11-4-7-13(8-5-11)20-16(21)14-9-6-12(19)10-15(14)18/h4-10H,1-3H3,(H,20,21). The molecule has 0 saturated heterocycles. The summed E-state index contributed by atoms with van der Waals surface area (Å²) in [6.07, 6.45) is 0. The normalized spacial score (nSPS) is 11.3. The van der Waals surface area contributed by atoms with Crippen molar-refractivity contribution in [3.63, 3.8) is 0 Å². The number of nitrogens with one attached hydrogen (secondary N) is 1. The minimum absolute atomic E-state index is 0.0990. The van der Waals surface area contributed by atoms with E-state index in [0.29, 0.717) is 15.1 Å². The molecule has 0 spiro atoms. The third kappa shape index (κ3) is 4.08. The van der Waals surface area contributed by atoms with E-state index >= 15 is 0 Å². The fourth-order valence-corrected chi connectivity index (χ4v) is 2.79. The second-order valence-corrected chi connectivity index (χ2v) is 7.20. The maximum absolute atomic E-state index is 12.2. The molecule has 0 atom stereocenters. The van der Waals surface area contributed by atoms with Crippen LogP contribution in [-0.2, 0) is 5.41 Å². The summed E-state index contributed by atoms with van der Waals surface area (Å²) in [5.41, 5.74) is 2.66. The Labute approximate surface area is 138 Å². The molecule has 0 radical (unpaired) electrons. The lowest BCUT2D eigenvalue weighted by Crippen LogP contribution is -2.14. The van der Waals surface area contributed by atoms with Gasteiger partial charge < -0.3 is 5.32 Å². The summed E-state index contributed by atoms with van der Waals surface area (Å²) in [6, 6.07) is 13.0. The summed E-state index contributed by atoms with van der Waals surface area (Å²) >= 11 is 9.23. The van der Waals surface area contributed by atoms with Gasteiger partial charge in [-0.15, -0.1) is 0 Å². The van der Waals surface area contributed by atoms with Gasteiger partial charge in [-0.25, -0.2) is 0 Å². The van der Waals surface area contributed by atoms with Gasteiger partial charge in [-0.1, -0.05) is 44.5 Å². The Kier molecular flexibility index (Phi) is 4.74. The molecule has 0 unspecified atom stereocenters. The molecule has 1 amide bonds. The molecular weight excluding hydrogens is 350 g/mol. The molecule has 0 heterocycles. The fourth-order valence-electron chi connectivity index (χ4n) is 1.93. The van der Waals surface area contributed by atoms with E-state index in [-0.39, 0.29) is 11.3 Å². The molecule has 0 aliphatic carbocycles. The van der Waals surface area contributed by atoms with Crippen molar-refractivity contribution in [2.75, 3.05) is 5.32 Å². The molecule has 0 fully saturated rings. The lowest BCUT2D eigenvalue weighted by molar-refractivity contribution is 0.102. The predicted molar refractivity (Wildman–Crippen MR) is 92.2 cm³/mol. The smallest absolute Gasteiger partial charge is 0.256 e. The molecule has 0 saturated carbocycles. The highest BCUT2D eigenvalue weighted by molar-refractivity contribution is 9.10. The van der Waals surface area contributed by atoms with Crippen molar-refractivity contribution in [1.82, 2.24) is 0 Å². The predicted octanol–water partition coefficient (Wildman–Crippen LogP) is 5.65. The topological polar surface area (TPSA) is 29.1 Å². The van der Waals surface area contributed by atoms with Crippen molar-refractivity contribution in [3.8, 4) is 0 Å². The van der Waals surface area contributed by atoms with E-state index in [1.807, 2.05) is 24.3 Å². The Hall–Kier alpha value is -1.32. The van der Waals surface area contributed by atoms with Crippen LogP contribution in [0.1, 0.15) is 36.7 Å². The van der Waals surface area contributed by atoms with Crippen molar-refractivity contribution in [3.05, 3.63) is 63.1 Å². The highest BCUT2D eigenvalue weighted by Gasteiger charge is 2.14. The van der Waals surface area contributed by atoms with E-state index < -0.39 is 0 Å². The van der Waals surface area contributed by atoms with E-state index in [9.17, 15) is 4.79 Å². The zero-order chi connectivity index (χ0) is 15.6. The summed E-state index contributed by atoms with van der Waals surface area (Å²) in [5, 5.41) is 3.48. The molecule has 0 aliphatic rings. The van der Waals surface area contributed by atoms with Crippen LogP contribution in [0.25, 0.3) is 0 Å². The molecule has 110 valence electrons. The quantitative estimate of drug-likeness (QED) is 0.731. The van der Waals surface area contributed by atoms with E-state index in [1.54, 1.807) is 18.2 Å². The highest BCUT2D eigenvalue weighted by Crippen LogP contribution is 2.25. The van der Waals surface area contributed by atoms with Crippen LogP contribution in [0.5, 0.6) is 0 Å². The number of halogens is 2. The fraction of sp³-hybridized carbons (Fsp3) is 0.235. The molecular formula is C17H17BrClNO. The van der Waals surface area contributed by atoms with Gasteiger partial charge in [0.2, 0.25) is 0 Å². The molecule has 2 aromatic rings. The van der Waals surface area contributed by atoms with Gasteiger partial charge in [0.05, 0.1) is 5.56 Å². The molecule has 1 N–H and O–H groups in total. The summed E-state index contributed by atoms with van der Waals surface area (Å²) in [7, 11) is 0. The van der Waals surface area contributed by atoms with E-state index in [0.717, 1.165) is 5.69 Å². The first-order chi connectivity index (χ1) is 9.77. The summed E-state index contributed by atoms with van der Waals surface area (Å²) in [4.78, 5) is 12.2. The van der Waals surface area contributed by atoms with Crippen LogP contribution in [0.15, 0.2) is 46.9 Å². The summed E-state index contributed by atoms with van der Waals surface area (Å²) in [6.45, 7) is 6.47. The number of amides is 1. The van der Waals surface area contributed by atoms with Gasteiger partial charge in [-0.3, -0.25) is 4.79 Å². The van der Waals surface area contributed by atoms with Crippen LogP contribution in [0, 0.1) is 0 Å². The van der Waals surface area contributed by atoms with Crippen molar-refractivity contribution in [2.24, 2.45) is 0 Å². The van der Waals surface area contributed by atoms with Gasteiger partial charge in [-0.05, 0) is 57.2 Å². The van der Waals surface area contributed by atoms with Gasteiger partial charge in [0.25, 0.3) is 5.91 Å². The Morgan fingerprint density at radius 2 is 1.71 bits per heavy atom. The average molecular weight is 367 g/mol. The van der Waals surface area contributed by atoms with Gasteiger partial charge in [0.15, 0.2) is 0 Å². The molecule has 4 heteroatoms. The van der Waals surface area contributed by atoms with Crippen molar-refractivity contribution >= 4 is 39.1 Å². The maximum Gasteiger partial charge on any atom is 0.256 e. The van der Waals surface area contributed by atoms with Gasteiger partial charge in [-0.2, -0.15) is 0 Å². The molecule has 0 aliphatic heterocycles. The number of anilines is 1. The Morgan fingerprint density at radius 1 is 1.10 bits per heavy atom. The summed E-state index contributed by atoms with van der Waals surface area (Å²) < 4.78 is 0.679. The number of hydrogen-bond donors (Lipinski definition) is 1. The first kappa shape index (κ1) is 16.1. The lowest BCUT2D eigenvalue weighted by Gasteiger charge is -2.19. The third-order valence-electron chi connectivity index (χ3n) is 3.18. The van der Waals surface area contributed by atoms with E-state index in [1.165, 1.54) is 5.56 Å². The zero-order valence-corrected chi connectivity index (χ0v) is 14.5. The Balaban J connectivity index is 2.16. The molecule has 0 bridgehead atoms.